The number of nitrogens with one attached hydrogen (secondary N) is 1. The molecule has 0 spiro atoms. The SMILES string of the molecule is CN1CCCN(C(=O)Cn2nnnc2C2(NCc3ccccc3)CCCCC2)CC1. The zero-order valence-corrected chi connectivity index (χ0v) is 18.0. The number of aromatic nitrogens is 4. The van der Waals surface area contributed by atoms with Crippen molar-refractivity contribution in [2.24, 2.45) is 0 Å². The van der Waals surface area contributed by atoms with E-state index >= 15 is 0 Å². The third-order valence-electron chi connectivity index (χ3n) is 6.50. The van der Waals surface area contributed by atoms with Gasteiger partial charge in [0.15, 0.2) is 5.82 Å². The lowest BCUT2D eigenvalue weighted by Gasteiger charge is -2.37. The summed E-state index contributed by atoms with van der Waals surface area (Å²) in [5.74, 6) is 0.909. The van der Waals surface area contributed by atoms with E-state index in [1.165, 1.54) is 12.0 Å². The van der Waals surface area contributed by atoms with E-state index in [-0.39, 0.29) is 18.0 Å². The molecule has 1 aromatic carbocycles. The molecule has 1 saturated heterocycles. The van der Waals surface area contributed by atoms with Crippen LogP contribution < -0.4 is 5.32 Å². The van der Waals surface area contributed by atoms with E-state index in [2.05, 4.69) is 57.1 Å². The van der Waals surface area contributed by atoms with E-state index < -0.39 is 0 Å². The fourth-order valence-electron chi connectivity index (χ4n) is 4.68. The van der Waals surface area contributed by atoms with Gasteiger partial charge in [0.1, 0.15) is 6.54 Å². The monoisotopic (exact) mass is 411 g/mol. The van der Waals surface area contributed by atoms with Crippen molar-refractivity contribution in [2.75, 3.05) is 33.2 Å². The van der Waals surface area contributed by atoms with Crippen LogP contribution in [0.2, 0.25) is 0 Å². The highest BCUT2D eigenvalue weighted by atomic mass is 16.2. The largest absolute Gasteiger partial charge is 0.340 e. The molecule has 8 heteroatoms. The van der Waals surface area contributed by atoms with Crippen LogP contribution in [0.25, 0.3) is 0 Å². The highest BCUT2D eigenvalue weighted by molar-refractivity contribution is 5.76. The molecular weight excluding hydrogens is 378 g/mol. The van der Waals surface area contributed by atoms with Crippen molar-refractivity contribution in [1.29, 1.82) is 0 Å². The molecule has 0 unspecified atom stereocenters. The minimum absolute atomic E-state index is 0.105. The molecule has 0 bridgehead atoms. The van der Waals surface area contributed by atoms with Gasteiger partial charge in [-0.15, -0.1) is 5.10 Å². The number of nitrogens with zero attached hydrogens (tertiary/aromatic N) is 6. The zero-order valence-electron chi connectivity index (χ0n) is 18.0. The lowest BCUT2D eigenvalue weighted by atomic mass is 9.80. The molecular formula is C22H33N7O. The van der Waals surface area contributed by atoms with Crippen LogP contribution in [0, 0.1) is 0 Å². The molecule has 0 atom stereocenters. The lowest BCUT2D eigenvalue weighted by Crippen LogP contribution is -2.46. The second-order valence-corrected chi connectivity index (χ2v) is 8.68. The lowest BCUT2D eigenvalue weighted by molar-refractivity contribution is -0.132. The number of tetrazole rings is 1. The summed E-state index contributed by atoms with van der Waals surface area (Å²) in [5.41, 5.74) is 0.961. The molecule has 0 radical (unpaired) electrons. The predicted molar refractivity (Wildman–Crippen MR) is 115 cm³/mol. The van der Waals surface area contributed by atoms with E-state index in [0.717, 1.165) is 70.7 Å². The highest BCUT2D eigenvalue weighted by Gasteiger charge is 2.39. The molecule has 2 aliphatic rings. The number of rotatable bonds is 6. The highest BCUT2D eigenvalue weighted by Crippen LogP contribution is 2.36. The van der Waals surface area contributed by atoms with Crippen LogP contribution in [0.1, 0.15) is 49.9 Å². The number of amides is 1. The molecule has 2 aromatic rings. The molecule has 1 aliphatic heterocycles. The van der Waals surface area contributed by atoms with Crippen LogP contribution in [-0.4, -0.2) is 69.1 Å². The van der Waals surface area contributed by atoms with Crippen molar-refractivity contribution < 1.29 is 4.79 Å². The Morgan fingerprint density at radius 2 is 1.83 bits per heavy atom. The van der Waals surface area contributed by atoms with Gasteiger partial charge in [0.2, 0.25) is 5.91 Å². The average Bonchev–Trinajstić information content (AvgIpc) is 3.13. The Hall–Kier alpha value is -2.32. The first-order valence-corrected chi connectivity index (χ1v) is 11.2. The summed E-state index contributed by atoms with van der Waals surface area (Å²) in [7, 11) is 2.11. The fourth-order valence-corrected chi connectivity index (χ4v) is 4.68. The van der Waals surface area contributed by atoms with Gasteiger partial charge in [-0.3, -0.25) is 4.79 Å². The molecule has 162 valence electrons. The van der Waals surface area contributed by atoms with Gasteiger partial charge < -0.3 is 15.1 Å². The van der Waals surface area contributed by atoms with Gasteiger partial charge >= 0.3 is 0 Å². The summed E-state index contributed by atoms with van der Waals surface area (Å²) in [4.78, 5) is 17.3. The maximum atomic E-state index is 13.0. The summed E-state index contributed by atoms with van der Waals surface area (Å²) >= 11 is 0. The van der Waals surface area contributed by atoms with E-state index in [4.69, 9.17) is 0 Å². The van der Waals surface area contributed by atoms with Crippen LogP contribution in [0.15, 0.2) is 30.3 Å². The van der Waals surface area contributed by atoms with Gasteiger partial charge in [0.25, 0.3) is 0 Å². The molecule has 1 amide bonds. The summed E-state index contributed by atoms with van der Waals surface area (Å²) < 4.78 is 1.74. The van der Waals surface area contributed by atoms with Gasteiger partial charge in [0, 0.05) is 26.2 Å². The van der Waals surface area contributed by atoms with Gasteiger partial charge in [-0.05, 0) is 48.8 Å². The Morgan fingerprint density at radius 1 is 1.03 bits per heavy atom. The second-order valence-electron chi connectivity index (χ2n) is 8.68. The van der Waals surface area contributed by atoms with Crippen molar-refractivity contribution in [3.05, 3.63) is 41.7 Å². The number of carbonyl (C=O) groups excluding carboxylic acids is 1. The number of benzene rings is 1. The van der Waals surface area contributed by atoms with Crippen molar-refractivity contribution in [2.45, 2.75) is 57.2 Å². The van der Waals surface area contributed by atoms with Gasteiger partial charge in [-0.2, -0.15) is 0 Å². The normalized spacial score (nSPS) is 20.1. The maximum Gasteiger partial charge on any atom is 0.244 e. The molecule has 4 rings (SSSR count). The molecule has 1 aliphatic carbocycles. The van der Waals surface area contributed by atoms with Gasteiger partial charge in [-0.25, -0.2) is 4.68 Å². The standard InChI is InChI=1S/C22H33N7O/c1-27-13-8-14-28(16-15-27)20(30)18-29-21(24-25-26-29)22(11-6-3-7-12-22)23-17-19-9-4-2-5-10-19/h2,4-5,9-10,23H,3,6-8,11-18H2,1H3. The third kappa shape index (κ3) is 4.87. The Labute approximate surface area is 178 Å². The Bertz CT molecular complexity index is 816. The molecule has 30 heavy (non-hydrogen) atoms. The van der Waals surface area contributed by atoms with Gasteiger partial charge in [-0.1, -0.05) is 49.6 Å². The summed E-state index contributed by atoms with van der Waals surface area (Å²) in [6.07, 6.45) is 6.50. The smallest absolute Gasteiger partial charge is 0.244 e. The number of hydrogen-bond donors (Lipinski definition) is 1. The first-order chi connectivity index (χ1) is 14.7. The Kier molecular flexibility index (Phi) is 6.74. The second kappa shape index (κ2) is 9.66. The van der Waals surface area contributed by atoms with Crippen molar-refractivity contribution in [1.82, 2.24) is 35.3 Å². The summed E-state index contributed by atoms with van der Waals surface area (Å²) in [6, 6.07) is 10.4. The minimum Gasteiger partial charge on any atom is -0.340 e. The van der Waals surface area contributed by atoms with Crippen LogP contribution in [0.4, 0.5) is 0 Å². The Balaban J connectivity index is 1.50. The van der Waals surface area contributed by atoms with Crippen molar-refractivity contribution in [3.63, 3.8) is 0 Å². The quantitative estimate of drug-likeness (QED) is 0.781. The number of likely N-dealkylation sites (N-methyl/N-ethyl adjacent to an activating group) is 1. The topological polar surface area (TPSA) is 79.2 Å². The molecule has 1 N–H and O–H groups in total. The molecule has 8 nitrogen and oxygen atoms in total. The van der Waals surface area contributed by atoms with E-state index in [0.29, 0.717) is 0 Å². The number of hydrogen-bond acceptors (Lipinski definition) is 6. The molecule has 2 heterocycles. The van der Waals surface area contributed by atoms with Gasteiger partial charge in [0.05, 0.1) is 5.54 Å². The molecule has 1 saturated carbocycles. The minimum atomic E-state index is -0.281. The first-order valence-electron chi connectivity index (χ1n) is 11.2. The predicted octanol–water partition coefficient (Wildman–Crippen LogP) is 1.79. The average molecular weight is 412 g/mol. The summed E-state index contributed by atoms with van der Waals surface area (Å²) in [5, 5.41) is 16.4. The number of carbonyl (C=O) groups is 1. The van der Waals surface area contributed by atoms with Crippen LogP contribution in [0.5, 0.6) is 0 Å². The van der Waals surface area contributed by atoms with Crippen molar-refractivity contribution in [3.8, 4) is 0 Å². The summed E-state index contributed by atoms with van der Waals surface area (Å²) in [6.45, 7) is 4.49. The maximum absolute atomic E-state index is 13.0. The zero-order chi connectivity index (χ0) is 20.8. The van der Waals surface area contributed by atoms with E-state index in [1.54, 1.807) is 4.68 Å². The van der Waals surface area contributed by atoms with Crippen LogP contribution in [-0.2, 0) is 23.4 Å². The molecule has 1 aromatic heterocycles. The van der Waals surface area contributed by atoms with Crippen LogP contribution >= 0.6 is 0 Å². The van der Waals surface area contributed by atoms with E-state index in [1.807, 2.05) is 11.0 Å². The van der Waals surface area contributed by atoms with Crippen LogP contribution in [0.3, 0.4) is 0 Å². The first kappa shape index (κ1) is 20.9. The van der Waals surface area contributed by atoms with E-state index in [9.17, 15) is 4.79 Å². The molecule has 2 fully saturated rings. The fraction of sp³-hybridized carbons (Fsp3) is 0.636. The third-order valence-corrected chi connectivity index (χ3v) is 6.50. The van der Waals surface area contributed by atoms with Crippen molar-refractivity contribution >= 4 is 5.91 Å². The Morgan fingerprint density at radius 3 is 2.63 bits per heavy atom.